The number of carbonyl (C=O) groups is 2. The second kappa shape index (κ2) is 15.9. The van der Waals surface area contributed by atoms with Gasteiger partial charge in [0.05, 0.1) is 31.5 Å². The van der Waals surface area contributed by atoms with Crippen LogP contribution in [0.2, 0.25) is 5.02 Å². The lowest BCUT2D eigenvalue weighted by Gasteiger charge is -2.24. The molecular weight excluding hydrogens is 686 g/mol. The van der Waals surface area contributed by atoms with Crippen LogP contribution in [0, 0.1) is 6.92 Å². The number of methoxy groups -OCH3 is 2. The number of fused-ring (bicyclic) bond motifs is 1. The van der Waals surface area contributed by atoms with Gasteiger partial charge >= 0.3 is 5.97 Å². The molecule has 12 nitrogen and oxygen atoms in total. The molecule has 3 atom stereocenters. The van der Waals surface area contributed by atoms with Gasteiger partial charge in [0, 0.05) is 59.9 Å². The summed E-state index contributed by atoms with van der Waals surface area (Å²) in [7, 11) is 3.10. The highest BCUT2D eigenvalue weighted by Crippen LogP contribution is 2.44. The number of carboxylic acid groups (broad SMARTS) is 1. The smallest absolute Gasteiger partial charge is 0.326 e. The molecule has 1 amide bonds. The predicted molar refractivity (Wildman–Crippen MR) is 197 cm³/mol. The minimum Gasteiger partial charge on any atom is -0.481 e. The van der Waals surface area contributed by atoms with Gasteiger partial charge in [-0.1, -0.05) is 54.1 Å². The fraction of sp³-hybridized carbons (Fsp3) is 0.385. The molecule has 0 bridgehead atoms. The molecule has 2 aromatic heterocycles. The number of aliphatic hydroxyl groups excluding tert-OH is 1. The fourth-order valence-electron chi connectivity index (χ4n) is 6.75. The highest BCUT2D eigenvalue weighted by atomic mass is 35.5. The molecule has 1 aliphatic heterocycles. The van der Waals surface area contributed by atoms with Crippen molar-refractivity contribution in [1.82, 2.24) is 25.9 Å². The quantitative estimate of drug-likeness (QED) is 0.110. The van der Waals surface area contributed by atoms with Crippen LogP contribution in [0.3, 0.4) is 0 Å². The average Bonchev–Trinajstić information content (AvgIpc) is 3.76. The molecule has 1 fully saturated rings. The summed E-state index contributed by atoms with van der Waals surface area (Å²) in [5, 5.41) is 29.0. The number of aliphatic hydroxyl groups is 1. The molecule has 13 heteroatoms. The third-order valence-electron chi connectivity index (χ3n) is 9.81. The Balaban J connectivity index is 1.20. The Labute approximate surface area is 307 Å². The number of ether oxygens (including phenoxy) is 3. The Morgan fingerprint density at radius 3 is 2.40 bits per heavy atom. The van der Waals surface area contributed by atoms with Crippen molar-refractivity contribution in [2.75, 3.05) is 27.4 Å². The lowest BCUT2D eigenvalue weighted by molar-refractivity contribution is -0.146. The summed E-state index contributed by atoms with van der Waals surface area (Å²) >= 11 is 7.16. The summed E-state index contributed by atoms with van der Waals surface area (Å²) in [6, 6.07) is 18.0. The fourth-order valence-corrected chi connectivity index (χ4v) is 7.08. The zero-order valence-corrected chi connectivity index (χ0v) is 30.5. The molecule has 1 aliphatic carbocycles. The zero-order chi connectivity index (χ0) is 37.0. The minimum absolute atomic E-state index is 0.0953. The number of hydrogen-bond donors (Lipinski definition) is 5. The van der Waals surface area contributed by atoms with Crippen LogP contribution in [-0.2, 0) is 29.1 Å². The van der Waals surface area contributed by atoms with Crippen LogP contribution in [0.5, 0.6) is 17.6 Å². The van der Waals surface area contributed by atoms with Gasteiger partial charge in [-0.15, -0.1) is 0 Å². The SMILES string of the molecule is COc1nc(-c2cccc(-c3cccc4c3CC[C@@H]4Oc3nc(OC)c(CNC(C)(CO)C(=O)O)cc3C)c2Cl)ccc1CNC[C@@H]1CCC(=O)N1. The Kier molecular flexibility index (Phi) is 11.3. The molecule has 3 heterocycles. The van der Waals surface area contributed by atoms with Crippen molar-refractivity contribution < 1.29 is 34.0 Å². The Bertz CT molecular complexity index is 1970. The van der Waals surface area contributed by atoms with E-state index in [1.54, 1.807) is 7.11 Å². The van der Waals surface area contributed by atoms with Crippen LogP contribution in [0.4, 0.5) is 0 Å². The summed E-state index contributed by atoms with van der Waals surface area (Å²) in [4.78, 5) is 32.6. The van der Waals surface area contributed by atoms with E-state index in [0.717, 1.165) is 58.2 Å². The second-order valence-electron chi connectivity index (χ2n) is 13.4. The monoisotopic (exact) mass is 729 g/mol. The van der Waals surface area contributed by atoms with E-state index >= 15 is 0 Å². The molecule has 5 N–H and O–H groups in total. The Morgan fingerprint density at radius 1 is 0.962 bits per heavy atom. The topological polar surface area (TPSA) is 164 Å². The van der Waals surface area contributed by atoms with Crippen LogP contribution in [-0.4, -0.2) is 71.0 Å². The van der Waals surface area contributed by atoms with Gasteiger partial charge in [-0.2, -0.15) is 4.98 Å². The van der Waals surface area contributed by atoms with Crippen molar-refractivity contribution in [2.24, 2.45) is 0 Å². The van der Waals surface area contributed by atoms with Crippen molar-refractivity contribution in [1.29, 1.82) is 0 Å². The maximum atomic E-state index is 11.6. The largest absolute Gasteiger partial charge is 0.481 e. The van der Waals surface area contributed by atoms with Crippen LogP contribution in [0.25, 0.3) is 22.4 Å². The van der Waals surface area contributed by atoms with Gasteiger partial charge < -0.3 is 35.1 Å². The Hall–Kier alpha value is -4.75. The van der Waals surface area contributed by atoms with E-state index < -0.39 is 18.1 Å². The normalized spacial score (nSPS) is 17.7. The first kappa shape index (κ1) is 37.0. The summed E-state index contributed by atoms with van der Waals surface area (Å²) < 4.78 is 17.7. The van der Waals surface area contributed by atoms with E-state index in [1.165, 1.54) is 14.0 Å². The number of rotatable bonds is 15. The Morgan fingerprint density at radius 2 is 1.69 bits per heavy atom. The molecule has 2 aliphatic rings. The average molecular weight is 730 g/mol. The first-order valence-electron chi connectivity index (χ1n) is 17.3. The summed E-state index contributed by atoms with van der Waals surface area (Å²) in [5.74, 6) is 0.183. The van der Waals surface area contributed by atoms with E-state index in [-0.39, 0.29) is 24.6 Å². The molecular formula is C39H44ClN5O7. The number of nitrogens with zero attached hydrogens (tertiary/aromatic N) is 2. The lowest BCUT2D eigenvalue weighted by atomic mass is 9.94. The number of aliphatic carboxylic acids is 1. The van der Waals surface area contributed by atoms with Gasteiger partial charge in [-0.25, -0.2) is 4.98 Å². The van der Waals surface area contributed by atoms with Gasteiger partial charge in [0.2, 0.25) is 23.5 Å². The molecule has 6 rings (SSSR count). The first-order valence-corrected chi connectivity index (χ1v) is 17.7. The summed E-state index contributed by atoms with van der Waals surface area (Å²) in [5.41, 5.74) is 6.43. The standard InChI is InChI=1S/C39H44ClN5O7/c1-22-17-24(19-42-39(2,21-46)38(48)49)37(51-4)45-35(22)52-32-15-13-27-26(7-5-8-28(27)32)29-9-6-10-30(34(29)40)31-14-11-23(36(44-31)50-3)18-41-20-25-12-16-33(47)43-25/h5-11,14,17,25,32,41-42,46H,12-13,15-16,18-21H2,1-4H3,(H,43,47)(H,48,49)/t25-,32-,39?/m0/s1. The number of amides is 1. The van der Waals surface area contributed by atoms with Gasteiger partial charge in [0.15, 0.2) is 0 Å². The molecule has 2 aromatic carbocycles. The van der Waals surface area contributed by atoms with Crippen LogP contribution >= 0.6 is 11.6 Å². The highest BCUT2D eigenvalue weighted by Gasteiger charge is 2.33. The molecule has 52 heavy (non-hydrogen) atoms. The number of aromatic nitrogens is 2. The van der Waals surface area contributed by atoms with Gasteiger partial charge in [0.25, 0.3) is 0 Å². The number of nitrogens with one attached hydrogen (secondary N) is 3. The van der Waals surface area contributed by atoms with E-state index in [9.17, 15) is 19.8 Å². The number of benzene rings is 2. The lowest BCUT2D eigenvalue weighted by Crippen LogP contribution is -2.52. The molecule has 0 spiro atoms. The van der Waals surface area contributed by atoms with Crippen LogP contribution in [0.15, 0.2) is 54.6 Å². The van der Waals surface area contributed by atoms with Crippen LogP contribution < -0.4 is 30.2 Å². The predicted octanol–water partition coefficient (Wildman–Crippen LogP) is 5.15. The molecule has 4 aromatic rings. The molecule has 1 saturated heterocycles. The molecule has 0 radical (unpaired) electrons. The first-order chi connectivity index (χ1) is 25.0. The number of halogens is 1. The maximum Gasteiger partial charge on any atom is 0.326 e. The van der Waals surface area contributed by atoms with Crippen molar-refractivity contribution in [3.8, 4) is 40.0 Å². The van der Waals surface area contributed by atoms with Crippen molar-refractivity contribution in [3.05, 3.63) is 87.4 Å². The molecule has 1 unspecified atom stereocenters. The van der Waals surface area contributed by atoms with Crippen molar-refractivity contribution >= 4 is 23.5 Å². The minimum atomic E-state index is -1.51. The number of pyridine rings is 2. The third-order valence-corrected chi connectivity index (χ3v) is 10.2. The zero-order valence-electron chi connectivity index (χ0n) is 29.7. The third kappa shape index (κ3) is 7.70. The number of hydrogen-bond acceptors (Lipinski definition) is 10. The summed E-state index contributed by atoms with van der Waals surface area (Å²) in [6.45, 7) is 4.08. The van der Waals surface area contributed by atoms with E-state index in [2.05, 4.69) is 33.1 Å². The summed E-state index contributed by atoms with van der Waals surface area (Å²) in [6.07, 6.45) is 2.67. The number of aryl methyl sites for hydroxylation is 1. The van der Waals surface area contributed by atoms with Gasteiger partial charge in [0.1, 0.15) is 11.6 Å². The van der Waals surface area contributed by atoms with E-state index in [0.29, 0.717) is 53.4 Å². The number of carbonyl (C=O) groups excluding carboxylic acids is 1. The van der Waals surface area contributed by atoms with E-state index in [1.807, 2.05) is 49.4 Å². The van der Waals surface area contributed by atoms with Crippen molar-refractivity contribution in [2.45, 2.75) is 70.3 Å². The second-order valence-corrected chi connectivity index (χ2v) is 13.8. The van der Waals surface area contributed by atoms with Gasteiger partial charge in [-0.05, 0) is 61.9 Å². The number of carboxylic acids is 1. The molecule has 0 saturated carbocycles. The van der Waals surface area contributed by atoms with Crippen molar-refractivity contribution in [3.63, 3.8) is 0 Å². The maximum absolute atomic E-state index is 11.6. The highest BCUT2D eigenvalue weighted by molar-refractivity contribution is 6.36. The van der Waals surface area contributed by atoms with Crippen LogP contribution in [0.1, 0.15) is 60.1 Å². The van der Waals surface area contributed by atoms with E-state index in [4.69, 9.17) is 30.8 Å². The molecule has 274 valence electrons. The van der Waals surface area contributed by atoms with Gasteiger partial charge in [-0.3, -0.25) is 14.9 Å².